The first-order chi connectivity index (χ1) is 9.11. The zero-order valence-corrected chi connectivity index (χ0v) is 12.2. The molecule has 1 heterocycles. The smallest absolute Gasteiger partial charge is 0.162 e. The zero-order valence-electron chi connectivity index (χ0n) is 11.4. The minimum Gasteiger partial charge on any atom is -0.493 e. The minimum absolute atomic E-state index is 0.0967. The molecule has 2 rings (SSSR count). The molecule has 0 aliphatic carbocycles. The van der Waals surface area contributed by atoms with E-state index < -0.39 is 0 Å². The van der Waals surface area contributed by atoms with Gasteiger partial charge in [0.2, 0.25) is 0 Å². The lowest BCUT2D eigenvalue weighted by molar-refractivity contribution is 0.173. The van der Waals surface area contributed by atoms with Crippen molar-refractivity contribution in [2.24, 2.45) is 5.73 Å². The largest absolute Gasteiger partial charge is 0.493 e. The topological polar surface area (TPSA) is 44.5 Å². The molecule has 1 aromatic heterocycles. The molecule has 4 heteroatoms. The van der Waals surface area contributed by atoms with Gasteiger partial charge in [-0.05, 0) is 48.4 Å². The van der Waals surface area contributed by atoms with Crippen molar-refractivity contribution < 1.29 is 9.47 Å². The molecule has 0 saturated heterocycles. The highest BCUT2D eigenvalue weighted by atomic mass is 32.1. The molecule has 0 aliphatic heterocycles. The van der Waals surface area contributed by atoms with E-state index in [9.17, 15) is 0 Å². The Labute approximate surface area is 118 Å². The van der Waals surface area contributed by atoms with Crippen LogP contribution < -0.4 is 15.2 Å². The Bertz CT molecular complexity index is 523. The van der Waals surface area contributed by atoms with Gasteiger partial charge in [0, 0.05) is 11.6 Å². The van der Waals surface area contributed by atoms with E-state index in [1.54, 1.807) is 18.4 Å². The van der Waals surface area contributed by atoms with Crippen LogP contribution in [-0.2, 0) is 0 Å². The van der Waals surface area contributed by atoms with E-state index in [0.717, 1.165) is 22.6 Å². The fourth-order valence-corrected chi connectivity index (χ4v) is 2.61. The fourth-order valence-electron chi connectivity index (χ4n) is 1.92. The van der Waals surface area contributed by atoms with Crippen LogP contribution >= 0.6 is 11.3 Å². The van der Waals surface area contributed by atoms with E-state index >= 15 is 0 Å². The maximum Gasteiger partial charge on any atom is 0.162 e. The number of aryl methyl sites for hydroxylation is 1. The second kappa shape index (κ2) is 6.08. The summed E-state index contributed by atoms with van der Waals surface area (Å²) in [5.41, 5.74) is 8.27. The number of thiophene rings is 1. The Morgan fingerprint density at radius 2 is 2.00 bits per heavy atom. The number of methoxy groups -OCH3 is 1. The van der Waals surface area contributed by atoms with Crippen LogP contribution in [0.15, 0.2) is 35.0 Å². The zero-order chi connectivity index (χ0) is 13.8. The molecule has 2 unspecified atom stereocenters. The van der Waals surface area contributed by atoms with Gasteiger partial charge in [0.15, 0.2) is 11.5 Å². The molecule has 2 atom stereocenters. The molecule has 0 bridgehead atoms. The molecule has 2 aromatic rings. The third-order valence-corrected chi connectivity index (χ3v) is 3.62. The second-order valence-corrected chi connectivity index (χ2v) is 5.39. The predicted molar refractivity (Wildman–Crippen MR) is 79.1 cm³/mol. The third kappa shape index (κ3) is 3.28. The molecule has 19 heavy (non-hydrogen) atoms. The molecule has 0 saturated carbocycles. The van der Waals surface area contributed by atoms with Crippen molar-refractivity contribution in [2.75, 3.05) is 7.11 Å². The van der Waals surface area contributed by atoms with Crippen LogP contribution in [0, 0.1) is 6.92 Å². The number of nitrogens with two attached hydrogens (primary N) is 1. The molecule has 0 aliphatic rings. The highest BCUT2D eigenvalue weighted by Crippen LogP contribution is 2.33. The van der Waals surface area contributed by atoms with Crippen LogP contribution in [0.1, 0.15) is 24.2 Å². The van der Waals surface area contributed by atoms with Crippen molar-refractivity contribution in [3.63, 3.8) is 0 Å². The van der Waals surface area contributed by atoms with Gasteiger partial charge in [0.05, 0.1) is 7.11 Å². The summed E-state index contributed by atoms with van der Waals surface area (Å²) in [6, 6.07) is 7.83. The Morgan fingerprint density at radius 3 is 2.58 bits per heavy atom. The van der Waals surface area contributed by atoms with Gasteiger partial charge in [0.25, 0.3) is 0 Å². The van der Waals surface area contributed by atoms with Crippen LogP contribution in [0.3, 0.4) is 0 Å². The van der Waals surface area contributed by atoms with Crippen LogP contribution in [0.25, 0.3) is 0 Å². The van der Waals surface area contributed by atoms with Gasteiger partial charge in [-0.1, -0.05) is 6.07 Å². The Kier molecular flexibility index (Phi) is 4.45. The quantitative estimate of drug-likeness (QED) is 0.909. The maximum atomic E-state index is 6.05. The molecule has 1 aromatic carbocycles. The summed E-state index contributed by atoms with van der Waals surface area (Å²) in [4.78, 5) is 0. The van der Waals surface area contributed by atoms with E-state index in [4.69, 9.17) is 15.2 Å². The molecular formula is C15H19NO2S. The van der Waals surface area contributed by atoms with Gasteiger partial charge in [-0.3, -0.25) is 0 Å². The van der Waals surface area contributed by atoms with Crippen molar-refractivity contribution in [1.29, 1.82) is 0 Å². The molecule has 102 valence electrons. The molecular weight excluding hydrogens is 258 g/mol. The number of rotatable bonds is 5. The molecule has 3 nitrogen and oxygen atoms in total. The van der Waals surface area contributed by atoms with Crippen molar-refractivity contribution in [1.82, 2.24) is 0 Å². The van der Waals surface area contributed by atoms with Crippen LogP contribution in [0.2, 0.25) is 0 Å². The first kappa shape index (κ1) is 13.9. The van der Waals surface area contributed by atoms with E-state index in [2.05, 4.69) is 5.38 Å². The lowest BCUT2D eigenvalue weighted by Gasteiger charge is -2.23. The average molecular weight is 277 g/mol. The number of ether oxygens (including phenoxy) is 2. The van der Waals surface area contributed by atoms with Crippen molar-refractivity contribution in [3.8, 4) is 11.5 Å². The third-order valence-electron chi connectivity index (χ3n) is 2.92. The Hall–Kier alpha value is -1.52. The summed E-state index contributed by atoms with van der Waals surface area (Å²) >= 11 is 1.64. The van der Waals surface area contributed by atoms with Gasteiger partial charge >= 0.3 is 0 Å². The minimum atomic E-state index is -0.164. The lowest BCUT2D eigenvalue weighted by Crippen LogP contribution is -2.28. The van der Waals surface area contributed by atoms with Gasteiger partial charge < -0.3 is 15.2 Å². The van der Waals surface area contributed by atoms with Crippen molar-refractivity contribution in [3.05, 3.63) is 46.2 Å². The first-order valence-electron chi connectivity index (χ1n) is 6.21. The van der Waals surface area contributed by atoms with E-state index in [-0.39, 0.29) is 12.1 Å². The second-order valence-electron chi connectivity index (χ2n) is 4.61. The Morgan fingerprint density at radius 1 is 1.21 bits per heavy atom. The lowest BCUT2D eigenvalue weighted by atomic mass is 10.1. The standard InChI is InChI=1S/C15H19NO2S/c1-10-4-5-13(14(8-10)17-3)18-15(11(2)16)12-6-7-19-9-12/h4-9,11,15H,16H2,1-3H3. The van der Waals surface area contributed by atoms with E-state index in [1.165, 1.54) is 0 Å². The van der Waals surface area contributed by atoms with Crippen LogP contribution in [0.4, 0.5) is 0 Å². The van der Waals surface area contributed by atoms with Crippen LogP contribution in [0.5, 0.6) is 11.5 Å². The van der Waals surface area contributed by atoms with Gasteiger partial charge in [0.1, 0.15) is 6.10 Å². The summed E-state index contributed by atoms with van der Waals surface area (Å²) in [6.45, 7) is 3.97. The monoisotopic (exact) mass is 277 g/mol. The highest BCUT2D eigenvalue weighted by Gasteiger charge is 2.20. The van der Waals surface area contributed by atoms with E-state index in [1.807, 2.05) is 43.5 Å². The summed E-state index contributed by atoms with van der Waals surface area (Å²) in [5.74, 6) is 1.46. The summed E-state index contributed by atoms with van der Waals surface area (Å²) in [7, 11) is 1.65. The van der Waals surface area contributed by atoms with Gasteiger partial charge in [-0.25, -0.2) is 0 Å². The molecule has 0 radical (unpaired) electrons. The maximum absolute atomic E-state index is 6.05. The van der Waals surface area contributed by atoms with Crippen molar-refractivity contribution in [2.45, 2.75) is 26.0 Å². The predicted octanol–water partition coefficient (Wildman–Crippen LogP) is 3.53. The number of hydrogen-bond donors (Lipinski definition) is 1. The molecule has 0 amide bonds. The molecule has 2 N–H and O–H groups in total. The SMILES string of the molecule is COc1cc(C)ccc1OC(c1ccsc1)C(C)N. The van der Waals surface area contributed by atoms with Gasteiger partial charge in [-0.15, -0.1) is 0 Å². The number of hydrogen-bond acceptors (Lipinski definition) is 4. The molecule has 0 spiro atoms. The van der Waals surface area contributed by atoms with E-state index in [0.29, 0.717) is 0 Å². The number of benzene rings is 1. The fraction of sp³-hybridized carbons (Fsp3) is 0.333. The van der Waals surface area contributed by atoms with Gasteiger partial charge in [-0.2, -0.15) is 11.3 Å². The summed E-state index contributed by atoms with van der Waals surface area (Å²) in [6.07, 6.45) is -0.164. The normalized spacial score (nSPS) is 13.9. The Balaban J connectivity index is 2.27. The average Bonchev–Trinajstić information content (AvgIpc) is 2.90. The van der Waals surface area contributed by atoms with Crippen molar-refractivity contribution >= 4 is 11.3 Å². The summed E-state index contributed by atoms with van der Waals surface area (Å²) < 4.78 is 11.4. The molecule has 0 fully saturated rings. The first-order valence-corrected chi connectivity index (χ1v) is 7.15. The van der Waals surface area contributed by atoms with Crippen LogP contribution in [-0.4, -0.2) is 13.2 Å². The summed E-state index contributed by atoms with van der Waals surface area (Å²) in [5, 5.41) is 4.09. The highest BCUT2D eigenvalue weighted by molar-refractivity contribution is 7.07.